The van der Waals surface area contributed by atoms with Gasteiger partial charge < -0.3 is 5.73 Å². The number of benzene rings is 1. The molecule has 0 radical (unpaired) electrons. The fraction of sp³-hybridized carbons (Fsp3) is 0.438. The minimum absolute atomic E-state index is 0.645. The molecule has 0 spiro atoms. The van der Waals surface area contributed by atoms with E-state index >= 15 is 0 Å². The number of hydrogen-bond donors (Lipinski definition) is 1. The lowest BCUT2D eigenvalue weighted by Crippen LogP contribution is -1.93. The molecular weight excluding hydrogens is 252 g/mol. The highest BCUT2D eigenvalue weighted by Crippen LogP contribution is 2.41. The Hall–Kier alpha value is -1.35. The molecule has 19 heavy (non-hydrogen) atoms. The minimum atomic E-state index is 0.645. The highest BCUT2D eigenvalue weighted by molar-refractivity contribution is 7.16. The van der Waals surface area contributed by atoms with Gasteiger partial charge >= 0.3 is 0 Å². The lowest BCUT2D eigenvalue weighted by atomic mass is 10.0. The summed E-state index contributed by atoms with van der Waals surface area (Å²) in [5.41, 5.74) is 11.0. The molecule has 1 saturated carbocycles. The fourth-order valence-corrected chi connectivity index (χ4v) is 3.91. The number of thiazole rings is 1. The predicted molar refractivity (Wildman–Crippen MR) is 82.6 cm³/mol. The number of anilines is 1. The van der Waals surface area contributed by atoms with Crippen LogP contribution in [-0.4, -0.2) is 4.98 Å². The van der Waals surface area contributed by atoms with Crippen LogP contribution < -0.4 is 5.73 Å². The van der Waals surface area contributed by atoms with Gasteiger partial charge in [0.05, 0.1) is 5.01 Å². The number of aromatic nitrogens is 1. The quantitative estimate of drug-likeness (QED) is 0.863. The van der Waals surface area contributed by atoms with Gasteiger partial charge in [0, 0.05) is 11.5 Å². The van der Waals surface area contributed by atoms with Gasteiger partial charge in [0.15, 0.2) is 0 Å². The van der Waals surface area contributed by atoms with E-state index in [1.807, 2.05) is 0 Å². The third kappa shape index (κ3) is 2.27. The molecule has 0 bridgehead atoms. The van der Waals surface area contributed by atoms with E-state index in [4.69, 9.17) is 10.7 Å². The first-order chi connectivity index (χ1) is 9.16. The molecule has 0 amide bonds. The van der Waals surface area contributed by atoms with Gasteiger partial charge in [-0.2, -0.15) is 0 Å². The molecule has 0 unspecified atom stereocenters. The Balaban J connectivity index is 2.03. The third-order valence-electron chi connectivity index (χ3n) is 4.23. The van der Waals surface area contributed by atoms with Crippen LogP contribution in [0.25, 0.3) is 11.3 Å². The molecule has 3 heteroatoms. The second kappa shape index (κ2) is 4.97. The summed E-state index contributed by atoms with van der Waals surface area (Å²) in [6, 6.07) is 6.36. The first kappa shape index (κ1) is 12.7. The molecule has 0 saturated heterocycles. The highest BCUT2D eigenvalue weighted by Gasteiger charge is 2.22. The standard InChI is InChI=1S/C16H20N2S/c1-10-6-5-9-13(11(10)2)14-15(17)19-16(18-14)12-7-3-4-8-12/h5-6,9,12H,3-4,7-8,17H2,1-2H3. The van der Waals surface area contributed by atoms with Crippen LogP contribution in [0.2, 0.25) is 0 Å². The van der Waals surface area contributed by atoms with Crippen LogP contribution in [0.4, 0.5) is 5.00 Å². The van der Waals surface area contributed by atoms with Crippen LogP contribution in [0, 0.1) is 13.8 Å². The van der Waals surface area contributed by atoms with Gasteiger partial charge in [-0.1, -0.05) is 31.0 Å². The normalized spacial score (nSPS) is 16.1. The van der Waals surface area contributed by atoms with Gasteiger partial charge in [-0.3, -0.25) is 0 Å². The van der Waals surface area contributed by atoms with Crippen molar-refractivity contribution >= 4 is 16.3 Å². The van der Waals surface area contributed by atoms with Gasteiger partial charge in [-0.15, -0.1) is 11.3 Å². The van der Waals surface area contributed by atoms with Gasteiger partial charge in [0.1, 0.15) is 10.7 Å². The average Bonchev–Trinajstić information content (AvgIpc) is 3.02. The summed E-state index contributed by atoms with van der Waals surface area (Å²) < 4.78 is 0. The van der Waals surface area contributed by atoms with E-state index in [0.717, 1.165) is 10.7 Å². The second-order valence-electron chi connectivity index (χ2n) is 5.49. The zero-order chi connectivity index (χ0) is 13.4. The first-order valence-corrected chi connectivity index (χ1v) is 7.81. The van der Waals surface area contributed by atoms with Crippen molar-refractivity contribution in [2.75, 3.05) is 5.73 Å². The van der Waals surface area contributed by atoms with Crippen LogP contribution in [0.1, 0.15) is 47.7 Å². The zero-order valence-corrected chi connectivity index (χ0v) is 12.4. The largest absolute Gasteiger partial charge is 0.389 e. The molecule has 1 aliphatic carbocycles. The lowest BCUT2D eigenvalue weighted by molar-refractivity contribution is 0.717. The molecule has 1 aromatic carbocycles. The van der Waals surface area contributed by atoms with Crippen LogP contribution in [-0.2, 0) is 0 Å². The smallest absolute Gasteiger partial charge is 0.114 e. The van der Waals surface area contributed by atoms with Crippen molar-refractivity contribution in [3.63, 3.8) is 0 Å². The average molecular weight is 272 g/mol. The number of nitrogens with two attached hydrogens (primary N) is 1. The molecule has 2 N–H and O–H groups in total. The van der Waals surface area contributed by atoms with Crippen molar-refractivity contribution in [2.45, 2.75) is 45.4 Å². The van der Waals surface area contributed by atoms with Gasteiger partial charge in [0.2, 0.25) is 0 Å². The van der Waals surface area contributed by atoms with E-state index in [-0.39, 0.29) is 0 Å². The molecule has 2 aromatic rings. The second-order valence-corrected chi connectivity index (χ2v) is 6.56. The molecule has 100 valence electrons. The minimum Gasteiger partial charge on any atom is -0.389 e. The summed E-state index contributed by atoms with van der Waals surface area (Å²) in [6.07, 6.45) is 5.23. The van der Waals surface area contributed by atoms with Crippen LogP contribution in [0.3, 0.4) is 0 Å². The maximum absolute atomic E-state index is 6.22. The molecule has 2 nitrogen and oxygen atoms in total. The fourth-order valence-electron chi connectivity index (χ4n) is 2.90. The summed E-state index contributed by atoms with van der Waals surface area (Å²) in [7, 11) is 0. The Kier molecular flexibility index (Phi) is 3.31. The lowest BCUT2D eigenvalue weighted by Gasteiger charge is -2.07. The van der Waals surface area contributed by atoms with E-state index in [1.165, 1.54) is 47.4 Å². The van der Waals surface area contributed by atoms with E-state index in [2.05, 4.69) is 32.0 Å². The van der Waals surface area contributed by atoms with E-state index in [0.29, 0.717) is 5.92 Å². The summed E-state index contributed by atoms with van der Waals surface area (Å²) in [5.74, 6) is 0.645. The number of hydrogen-bond acceptors (Lipinski definition) is 3. The van der Waals surface area contributed by atoms with Gasteiger partial charge in [0.25, 0.3) is 0 Å². The molecule has 1 aliphatic rings. The summed E-state index contributed by atoms with van der Waals surface area (Å²) in [4.78, 5) is 4.86. The molecule has 3 rings (SSSR count). The Labute approximate surface area is 118 Å². The predicted octanol–water partition coefficient (Wildman–Crippen LogP) is 4.67. The third-order valence-corrected chi connectivity index (χ3v) is 5.28. The Morgan fingerprint density at radius 3 is 2.68 bits per heavy atom. The molecule has 1 heterocycles. The van der Waals surface area contributed by atoms with Gasteiger partial charge in [-0.25, -0.2) is 4.98 Å². The van der Waals surface area contributed by atoms with Crippen LogP contribution in [0.5, 0.6) is 0 Å². The van der Waals surface area contributed by atoms with Crippen molar-refractivity contribution < 1.29 is 0 Å². The Morgan fingerprint density at radius 2 is 1.95 bits per heavy atom. The zero-order valence-electron chi connectivity index (χ0n) is 11.6. The summed E-state index contributed by atoms with van der Waals surface area (Å²) >= 11 is 1.69. The molecule has 1 aromatic heterocycles. The van der Waals surface area contributed by atoms with Crippen LogP contribution >= 0.6 is 11.3 Å². The van der Waals surface area contributed by atoms with Crippen molar-refractivity contribution in [1.29, 1.82) is 0 Å². The number of aryl methyl sites for hydroxylation is 1. The maximum Gasteiger partial charge on any atom is 0.114 e. The first-order valence-electron chi connectivity index (χ1n) is 6.99. The van der Waals surface area contributed by atoms with E-state index < -0.39 is 0 Å². The van der Waals surface area contributed by atoms with Crippen molar-refractivity contribution in [3.8, 4) is 11.3 Å². The molecular formula is C16H20N2S. The molecule has 0 atom stereocenters. The molecule has 1 fully saturated rings. The van der Waals surface area contributed by atoms with Gasteiger partial charge in [-0.05, 0) is 37.8 Å². The topological polar surface area (TPSA) is 38.9 Å². The molecule has 0 aliphatic heterocycles. The Morgan fingerprint density at radius 1 is 1.21 bits per heavy atom. The monoisotopic (exact) mass is 272 g/mol. The van der Waals surface area contributed by atoms with E-state index in [1.54, 1.807) is 11.3 Å². The maximum atomic E-state index is 6.22. The van der Waals surface area contributed by atoms with Crippen molar-refractivity contribution in [3.05, 3.63) is 34.3 Å². The number of rotatable bonds is 2. The van der Waals surface area contributed by atoms with E-state index in [9.17, 15) is 0 Å². The number of nitrogens with zero attached hydrogens (tertiary/aromatic N) is 1. The number of nitrogen functional groups attached to an aromatic ring is 1. The summed E-state index contributed by atoms with van der Waals surface area (Å²) in [5, 5.41) is 2.11. The van der Waals surface area contributed by atoms with Crippen molar-refractivity contribution in [2.24, 2.45) is 0 Å². The van der Waals surface area contributed by atoms with Crippen molar-refractivity contribution in [1.82, 2.24) is 4.98 Å². The SMILES string of the molecule is Cc1cccc(-c2nc(C3CCCC3)sc2N)c1C. The highest BCUT2D eigenvalue weighted by atomic mass is 32.1. The summed E-state index contributed by atoms with van der Waals surface area (Å²) in [6.45, 7) is 4.29. The van der Waals surface area contributed by atoms with Crippen LogP contribution in [0.15, 0.2) is 18.2 Å². The Bertz CT molecular complexity index is 595.